The van der Waals surface area contributed by atoms with E-state index in [1.807, 2.05) is 0 Å². The highest BCUT2D eigenvalue weighted by molar-refractivity contribution is 6.68. The fourth-order valence-electron chi connectivity index (χ4n) is 1.52. The van der Waals surface area contributed by atoms with Crippen LogP contribution in [-0.2, 0) is 0 Å². The van der Waals surface area contributed by atoms with E-state index in [0.29, 0.717) is 5.75 Å². The fraction of sp³-hybridized carbons (Fsp3) is 0.417. The molecule has 0 heterocycles. The zero-order valence-electron chi connectivity index (χ0n) is 12.5. The average Bonchev–Trinajstić information content (AvgIpc) is 2.45. The van der Waals surface area contributed by atoms with Crippen molar-refractivity contribution in [2.24, 2.45) is 0 Å². The summed E-state index contributed by atoms with van der Waals surface area (Å²) in [5, 5.41) is 16.2. The van der Waals surface area contributed by atoms with E-state index in [9.17, 15) is 14.9 Å². The predicted octanol–water partition coefficient (Wildman–Crippen LogP) is 2.98. The van der Waals surface area contributed by atoms with Crippen molar-refractivity contribution < 1.29 is 14.5 Å². The molecular formula is C12H15Cl3N4O4. The number of alkyl halides is 3. The van der Waals surface area contributed by atoms with Gasteiger partial charge < -0.3 is 20.3 Å². The van der Waals surface area contributed by atoms with Gasteiger partial charge in [-0.3, -0.25) is 10.1 Å². The molecule has 1 aromatic carbocycles. The summed E-state index contributed by atoms with van der Waals surface area (Å²) < 4.78 is 3.00. The maximum Gasteiger partial charge on any atom is 0.318 e. The first kappa shape index (κ1) is 19.4. The van der Waals surface area contributed by atoms with Crippen molar-refractivity contribution in [1.82, 2.24) is 10.2 Å². The van der Waals surface area contributed by atoms with Gasteiger partial charge in [-0.25, -0.2) is 4.79 Å². The Morgan fingerprint density at radius 3 is 2.43 bits per heavy atom. The first-order valence-corrected chi connectivity index (χ1v) is 7.33. The van der Waals surface area contributed by atoms with E-state index in [-0.39, 0.29) is 11.4 Å². The lowest BCUT2D eigenvalue weighted by Gasteiger charge is -2.28. The molecule has 2 N–H and O–H groups in total. The number of ether oxygens (including phenoxy) is 1. The molecule has 0 saturated carbocycles. The molecule has 0 radical (unpaired) electrons. The number of hydrogen-bond donors (Lipinski definition) is 2. The number of rotatable bonds is 5. The number of anilines is 1. The van der Waals surface area contributed by atoms with Gasteiger partial charge in [0, 0.05) is 14.1 Å². The molecule has 23 heavy (non-hydrogen) atoms. The second-order valence-electron chi connectivity index (χ2n) is 4.60. The smallest absolute Gasteiger partial charge is 0.318 e. The van der Waals surface area contributed by atoms with Crippen molar-refractivity contribution >= 4 is 52.2 Å². The van der Waals surface area contributed by atoms with Gasteiger partial charge in [0.2, 0.25) is 3.79 Å². The SMILES string of the molecule is COc1ccc(N[C@@H](NC(=O)N(C)C)C(Cl)(Cl)Cl)c([N+](=O)[O-])c1. The van der Waals surface area contributed by atoms with Crippen LogP contribution in [0.2, 0.25) is 0 Å². The third-order valence-electron chi connectivity index (χ3n) is 2.70. The first-order valence-electron chi connectivity index (χ1n) is 6.19. The highest BCUT2D eigenvalue weighted by Gasteiger charge is 2.35. The molecule has 0 aromatic heterocycles. The molecule has 0 aliphatic heterocycles. The second-order valence-corrected chi connectivity index (χ2v) is 6.97. The molecule has 1 aromatic rings. The lowest BCUT2D eigenvalue weighted by Crippen LogP contribution is -2.52. The largest absolute Gasteiger partial charge is 0.496 e. The van der Waals surface area contributed by atoms with Crippen LogP contribution in [0.4, 0.5) is 16.2 Å². The number of nitrogens with one attached hydrogen (secondary N) is 2. The molecule has 128 valence electrons. The Morgan fingerprint density at radius 2 is 2.00 bits per heavy atom. The second kappa shape index (κ2) is 7.76. The highest BCUT2D eigenvalue weighted by Crippen LogP contribution is 2.35. The van der Waals surface area contributed by atoms with E-state index in [1.165, 1.54) is 44.3 Å². The summed E-state index contributed by atoms with van der Waals surface area (Å²) in [4.78, 5) is 23.5. The summed E-state index contributed by atoms with van der Waals surface area (Å²) in [5.74, 6) is 0.296. The number of carbonyl (C=O) groups is 1. The molecule has 0 unspecified atom stereocenters. The van der Waals surface area contributed by atoms with Gasteiger partial charge in [0.25, 0.3) is 5.69 Å². The number of nitro benzene ring substituents is 1. The maximum atomic E-state index is 11.8. The van der Waals surface area contributed by atoms with Crippen LogP contribution < -0.4 is 15.4 Å². The summed E-state index contributed by atoms with van der Waals surface area (Å²) in [7, 11) is 4.38. The summed E-state index contributed by atoms with van der Waals surface area (Å²) in [6.07, 6.45) is -1.20. The molecule has 2 amide bonds. The van der Waals surface area contributed by atoms with Crippen molar-refractivity contribution in [2.75, 3.05) is 26.5 Å². The van der Waals surface area contributed by atoms with Crippen molar-refractivity contribution in [3.05, 3.63) is 28.3 Å². The lowest BCUT2D eigenvalue weighted by molar-refractivity contribution is -0.384. The number of amides is 2. The van der Waals surface area contributed by atoms with Gasteiger partial charge in [0.15, 0.2) is 0 Å². The number of nitro groups is 1. The van der Waals surface area contributed by atoms with Crippen molar-refractivity contribution in [3.63, 3.8) is 0 Å². The molecule has 0 bridgehead atoms. The van der Waals surface area contributed by atoms with E-state index < -0.39 is 20.9 Å². The number of hydrogen-bond acceptors (Lipinski definition) is 5. The molecule has 1 atom stereocenters. The minimum atomic E-state index is -1.94. The Morgan fingerprint density at radius 1 is 1.39 bits per heavy atom. The van der Waals surface area contributed by atoms with Crippen LogP contribution in [0.25, 0.3) is 0 Å². The van der Waals surface area contributed by atoms with Crippen LogP contribution in [0.3, 0.4) is 0 Å². The standard InChI is InChI=1S/C12H15Cl3N4O4/c1-18(2)11(20)17-10(12(13,14)15)16-8-5-4-7(23-3)6-9(8)19(21)22/h4-6,10,16H,1-3H3,(H,17,20)/t10-/m0/s1. The topological polar surface area (TPSA) is 96.7 Å². The predicted molar refractivity (Wildman–Crippen MR) is 89.6 cm³/mol. The molecule has 1 rings (SSSR count). The van der Waals surface area contributed by atoms with Crippen molar-refractivity contribution in [3.8, 4) is 5.75 Å². The average molecular weight is 386 g/mol. The van der Waals surface area contributed by atoms with Crippen molar-refractivity contribution in [2.45, 2.75) is 9.96 Å². The molecule has 0 spiro atoms. The van der Waals surface area contributed by atoms with E-state index >= 15 is 0 Å². The summed E-state index contributed by atoms with van der Waals surface area (Å²) >= 11 is 17.5. The van der Waals surface area contributed by atoms with Crippen LogP contribution in [0.1, 0.15) is 0 Å². The van der Waals surface area contributed by atoms with Gasteiger partial charge in [0.1, 0.15) is 17.6 Å². The molecule has 0 aliphatic carbocycles. The van der Waals surface area contributed by atoms with E-state index in [1.54, 1.807) is 0 Å². The molecule has 0 aliphatic rings. The minimum Gasteiger partial charge on any atom is -0.496 e. The third-order valence-corrected chi connectivity index (χ3v) is 3.36. The zero-order valence-corrected chi connectivity index (χ0v) is 14.7. The number of nitrogens with zero attached hydrogens (tertiary/aromatic N) is 2. The Kier molecular flexibility index (Phi) is 6.55. The van der Waals surface area contributed by atoms with Crippen molar-refractivity contribution in [1.29, 1.82) is 0 Å². The molecule has 11 heteroatoms. The Labute approximate surface area is 147 Å². The highest BCUT2D eigenvalue weighted by atomic mass is 35.6. The van der Waals surface area contributed by atoms with Crippen LogP contribution in [-0.4, -0.2) is 47.0 Å². The third kappa shape index (κ3) is 5.49. The molecular weight excluding hydrogens is 371 g/mol. The lowest BCUT2D eigenvalue weighted by atomic mass is 10.2. The number of urea groups is 1. The number of halogens is 3. The quantitative estimate of drug-likeness (QED) is 0.351. The van der Waals surface area contributed by atoms with Gasteiger partial charge in [-0.05, 0) is 12.1 Å². The Bertz CT molecular complexity index is 592. The van der Waals surface area contributed by atoms with Gasteiger partial charge in [-0.1, -0.05) is 34.8 Å². The Balaban J connectivity index is 3.13. The first-order chi connectivity index (χ1) is 10.6. The maximum absolute atomic E-state index is 11.8. The normalized spacial score (nSPS) is 12.3. The summed E-state index contributed by atoms with van der Waals surface area (Å²) in [6, 6.07) is 3.57. The minimum absolute atomic E-state index is 0.0613. The van der Waals surface area contributed by atoms with Crippen LogP contribution in [0.15, 0.2) is 18.2 Å². The number of benzene rings is 1. The van der Waals surface area contributed by atoms with Crippen LogP contribution in [0.5, 0.6) is 5.75 Å². The fourth-order valence-corrected chi connectivity index (χ4v) is 1.85. The summed E-state index contributed by atoms with van der Waals surface area (Å²) in [6.45, 7) is 0. The van der Waals surface area contributed by atoms with E-state index in [0.717, 1.165) is 0 Å². The van der Waals surface area contributed by atoms with Crippen LogP contribution >= 0.6 is 34.8 Å². The van der Waals surface area contributed by atoms with Gasteiger partial charge >= 0.3 is 6.03 Å². The summed E-state index contributed by atoms with van der Waals surface area (Å²) in [5.41, 5.74) is -0.228. The Hall–Kier alpha value is -1.64. The zero-order chi connectivity index (χ0) is 17.8. The molecule has 0 saturated heterocycles. The van der Waals surface area contributed by atoms with Gasteiger partial charge in [-0.2, -0.15) is 0 Å². The van der Waals surface area contributed by atoms with Gasteiger partial charge in [-0.15, -0.1) is 0 Å². The number of methoxy groups -OCH3 is 1. The number of carbonyl (C=O) groups excluding carboxylic acids is 1. The monoisotopic (exact) mass is 384 g/mol. The van der Waals surface area contributed by atoms with Gasteiger partial charge in [0.05, 0.1) is 18.1 Å². The van der Waals surface area contributed by atoms with E-state index in [4.69, 9.17) is 39.5 Å². The molecule has 8 nitrogen and oxygen atoms in total. The van der Waals surface area contributed by atoms with E-state index in [2.05, 4.69) is 10.6 Å². The molecule has 0 fully saturated rings. The van der Waals surface area contributed by atoms with Crippen LogP contribution in [0, 0.1) is 10.1 Å².